The Balaban J connectivity index is 2.03. The van der Waals surface area contributed by atoms with Gasteiger partial charge in [0.15, 0.2) is 0 Å². The molecule has 4 nitrogen and oxygen atoms in total. The van der Waals surface area contributed by atoms with Gasteiger partial charge in [0.25, 0.3) is 5.91 Å². The normalized spacial score (nSPS) is 11.9. The summed E-state index contributed by atoms with van der Waals surface area (Å²) in [7, 11) is 3.84. The van der Waals surface area contributed by atoms with Gasteiger partial charge in [0.2, 0.25) is 0 Å². The Labute approximate surface area is 117 Å². The van der Waals surface area contributed by atoms with Gasteiger partial charge in [-0.15, -0.1) is 11.3 Å². The zero-order chi connectivity index (χ0) is 13.8. The van der Waals surface area contributed by atoms with E-state index < -0.39 is 0 Å². The van der Waals surface area contributed by atoms with Gasteiger partial charge in [-0.2, -0.15) is 0 Å². The van der Waals surface area contributed by atoms with Crippen LogP contribution < -0.4 is 10.2 Å². The van der Waals surface area contributed by atoms with Crippen LogP contribution in [0, 0.1) is 0 Å². The highest BCUT2D eigenvalue weighted by Crippen LogP contribution is 2.18. The van der Waals surface area contributed by atoms with E-state index in [0.717, 1.165) is 10.7 Å². The lowest BCUT2D eigenvalue weighted by Gasteiger charge is -2.13. The molecule has 1 N–H and O–H groups in total. The Bertz CT molecular complexity index is 534. The van der Waals surface area contributed by atoms with Gasteiger partial charge >= 0.3 is 0 Å². The van der Waals surface area contributed by atoms with Crippen molar-refractivity contribution in [2.24, 2.45) is 0 Å². The van der Waals surface area contributed by atoms with E-state index in [-0.39, 0.29) is 11.9 Å². The third-order valence-corrected chi connectivity index (χ3v) is 3.84. The Morgan fingerprint density at radius 1 is 1.37 bits per heavy atom. The molecule has 0 aromatic carbocycles. The molecule has 0 radical (unpaired) electrons. The van der Waals surface area contributed by atoms with Crippen molar-refractivity contribution < 1.29 is 4.79 Å². The van der Waals surface area contributed by atoms with E-state index in [1.807, 2.05) is 49.5 Å². The lowest BCUT2D eigenvalue weighted by Crippen LogP contribution is -2.26. The Morgan fingerprint density at radius 3 is 2.68 bits per heavy atom. The first-order chi connectivity index (χ1) is 9.08. The summed E-state index contributed by atoms with van der Waals surface area (Å²) in [5.41, 5.74) is 0.578. The van der Waals surface area contributed by atoms with Crippen LogP contribution >= 0.6 is 11.3 Å². The van der Waals surface area contributed by atoms with Gasteiger partial charge in [-0.1, -0.05) is 6.07 Å². The van der Waals surface area contributed by atoms with Crippen LogP contribution in [-0.4, -0.2) is 25.0 Å². The van der Waals surface area contributed by atoms with Crippen LogP contribution in [0.25, 0.3) is 0 Å². The SMILES string of the molecule is C[C@H](NC(=O)c1ccc(N(C)C)nc1)c1cccs1. The Kier molecular flexibility index (Phi) is 4.16. The van der Waals surface area contributed by atoms with Crippen molar-refractivity contribution in [1.29, 1.82) is 0 Å². The molecule has 0 bridgehead atoms. The number of hydrogen-bond acceptors (Lipinski definition) is 4. The molecular formula is C14H17N3OS. The lowest BCUT2D eigenvalue weighted by molar-refractivity contribution is 0.0940. The third kappa shape index (κ3) is 3.32. The first kappa shape index (κ1) is 13.5. The number of rotatable bonds is 4. The number of nitrogens with one attached hydrogen (secondary N) is 1. The predicted octanol–water partition coefficient (Wildman–Crippen LogP) is 2.70. The van der Waals surface area contributed by atoms with Crippen LogP contribution in [0.5, 0.6) is 0 Å². The van der Waals surface area contributed by atoms with Gasteiger partial charge in [0.1, 0.15) is 5.82 Å². The van der Waals surface area contributed by atoms with E-state index in [9.17, 15) is 4.79 Å². The number of thiophene rings is 1. The quantitative estimate of drug-likeness (QED) is 0.933. The average Bonchev–Trinajstić information content (AvgIpc) is 2.92. The molecule has 0 saturated heterocycles. The minimum Gasteiger partial charge on any atom is -0.363 e. The van der Waals surface area contributed by atoms with E-state index in [1.54, 1.807) is 23.6 Å². The highest BCUT2D eigenvalue weighted by molar-refractivity contribution is 7.10. The van der Waals surface area contributed by atoms with Gasteiger partial charge in [-0.3, -0.25) is 4.79 Å². The standard InChI is InChI=1S/C14H17N3OS/c1-10(12-5-4-8-19-12)16-14(18)11-6-7-13(15-9-11)17(2)3/h4-10H,1-3H3,(H,16,18)/t10-/m0/s1. The molecule has 1 amide bonds. The highest BCUT2D eigenvalue weighted by Gasteiger charge is 2.12. The van der Waals surface area contributed by atoms with Crippen molar-refractivity contribution in [3.63, 3.8) is 0 Å². The Hall–Kier alpha value is -1.88. The minimum atomic E-state index is -0.0984. The summed E-state index contributed by atoms with van der Waals surface area (Å²) < 4.78 is 0. The summed E-state index contributed by atoms with van der Waals surface area (Å²) in [6.07, 6.45) is 1.60. The second kappa shape index (κ2) is 5.84. The van der Waals surface area contributed by atoms with Crippen LogP contribution in [-0.2, 0) is 0 Å². The van der Waals surface area contributed by atoms with Crippen LogP contribution in [0.3, 0.4) is 0 Å². The van der Waals surface area contributed by atoms with Crippen molar-refractivity contribution in [2.75, 3.05) is 19.0 Å². The molecule has 100 valence electrons. The summed E-state index contributed by atoms with van der Waals surface area (Å²) in [6, 6.07) is 7.64. The van der Waals surface area contributed by atoms with Crippen LogP contribution in [0.1, 0.15) is 28.2 Å². The van der Waals surface area contributed by atoms with E-state index in [0.29, 0.717) is 5.56 Å². The molecule has 2 heterocycles. The highest BCUT2D eigenvalue weighted by atomic mass is 32.1. The number of anilines is 1. The molecule has 0 unspecified atom stereocenters. The number of nitrogens with zero attached hydrogens (tertiary/aromatic N) is 2. The molecular weight excluding hydrogens is 258 g/mol. The van der Waals surface area contributed by atoms with Crippen molar-refractivity contribution in [1.82, 2.24) is 10.3 Å². The van der Waals surface area contributed by atoms with E-state index >= 15 is 0 Å². The maximum atomic E-state index is 12.1. The van der Waals surface area contributed by atoms with Crippen LogP contribution in [0.4, 0.5) is 5.82 Å². The fourth-order valence-electron chi connectivity index (χ4n) is 1.67. The van der Waals surface area contributed by atoms with Crippen molar-refractivity contribution in [3.8, 4) is 0 Å². The summed E-state index contributed by atoms with van der Waals surface area (Å²) in [4.78, 5) is 19.4. The molecule has 5 heteroatoms. The molecule has 0 aliphatic heterocycles. The lowest BCUT2D eigenvalue weighted by atomic mass is 10.2. The minimum absolute atomic E-state index is 0.0148. The predicted molar refractivity (Wildman–Crippen MR) is 78.8 cm³/mol. The molecule has 0 spiro atoms. The van der Waals surface area contributed by atoms with E-state index in [1.165, 1.54) is 0 Å². The zero-order valence-electron chi connectivity index (χ0n) is 11.3. The molecule has 19 heavy (non-hydrogen) atoms. The van der Waals surface area contributed by atoms with Crippen molar-refractivity contribution in [3.05, 3.63) is 46.3 Å². The number of carbonyl (C=O) groups is 1. The zero-order valence-corrected chi connectivity index (χ0v) is 12.1. The first-order valence-corrected chi connectivity index (χ1v) is 6.93. The Morgan fingerprint density at radius 2 is 2.16 bits per heavy atom. The summed E-state index contributed by atoms with van der Waals surface area (Å²) >= 11 is 1.64. The van der Waals surface area contributed by atoms with Gasteiger partial charge < -0.3 is 10.2 Å². The molecule has 1 atom stereocenters. The fourth-order valence-corrected chi connectivity index (χ4v) is 2.41. The van der Waals surface area contributed by atoms with E-state index in [4.69, 9.17) is 0 Å². The van der Waals surface area contributed by atoms with Crippen molar-refractivity contribution >= 4 is 23.1 Å². The second-order valence-corrected chi connectivity index (χ2v) is 5.49. The number of amides is 1. The van der Waals surface area contributed by atoms with E-state index in [2.05, 4.69) is 10.3 Å². The number of pyridine rings is 1. The largest absolute Gasteiger partial charge is 0.363 e. The van der Waals surface area contributed by atoms with Gasteiger partial charge in [0.05, 0.1) is 11.6 Å². The molecule has 0 saturated carbocycles. The molecule has 2 aromatic heterocycles. The molecule has 2 aromatic rings. The monoisotopic (exact) mass is 275 g/mol. The van der Waals surface area contributed by atoms with Crippen LogP contribution in [0.2, 0.25) is 0 Å². The number of hydrogen-bond donors (Lipinski definition) is 1. The third-order valence-electron chi connectivity index (χ3n) is 2.79. The topological polar surface area (TPSA) is 45.2 Å². The smallest absolute Gasteiger partial charge is 0.253 e. The molecule has 0 aliphatic carbocycles. The van der Waals surface area contributed by atoms with Gasteiger partial charge in [-0.25, -0.2) is 4.98 Å². The number of carbonyl (C=O) groups excluding carboxylic acids is 1. The summed E-state index contributed by atoms with van der Waals surface area (Å²) in [6.45, 7) is 1.98. The van der Waals surface area contributed by atoms with Crippen LogP contribution in [0.15, 0.2) is 35.8 Å². The second-order valence-electron chi connectivity index (χ2n) is 4.51. The van der Waals surface area contributed by atoms with Crippen molar-refractivity contribution in [2.45, 2.75) is 13.0 Å². The maximum absolute atomic E-state index is 12.1. The number of aromatic nitrogens is 1. The summed E-state index contributed by atoms with van der Waals surface area (Å²) in [5, 5.41) is 4.97. The maximum Gasteiger partial charge on any atom is 0.253 e. The average molecular weight is 275 g/mol. The summed E-state index contributed by atoms with van der Waals surface area (Å²) in [5.74, 6) is 0.738. The molecule has 0 aliphatic rings. The molecule has 2 rings (SSSR count). The van der Waals surface area contributed by atoms with Gasteiger partial charge in [0, 0.05) is 25.2 Å². The first-order valence-electron chi connectivity index (χ1n) is 6.05. The molecule has 0 fully saturated rings. The van der Waals surface area contributed by atoms with Gasteiger partial charge in [-0.05, 0) is 30.5 Å². The fraction of sp³-hybridized carbons (Fsp3) is 0.286.